The summed E-state index contributed by atoms with van der Waals surface area (Å²) < 4.78 is 0. The van der Waals surface area contributed by atoms with Gasteiger partial charge in [-0.3, -0.25) is 4.79 Å². The zero-order valence-corrected chi connectivity index (χ0v) is 10.6. The molecule has 0 spiro atoms. The average molecular weight is 223 g/mol. The second-order valence-corrected chi connectivity index (χ2v) is 4.59. The van der Waals surface area contributed by atoms with Crippen molar-refractivity contribution in [3.63, 3.8) is 0 Å². The van der Waals surface area contributed by atoms with Crippen molar-refractivity contribution in [3.8, 4) is 0 Å². The van der Waals surface area contributed by atoms with Crippen LogP contribution < -0.4 is 0 Å². The molecule has 1 aliphatic rings. The molecule has 0 N–H and O–H groups in total. The Kier molecular flexibility index (Phi) is 6.95. The summed E-state index contributed by atoms with van der Waals surface area (Å²) in [5.41, 5.74) is 0. The minimum atomic E-state index is 0.343. The Morgan fingerprint density at radius 3 is 2.50 bits per heavy atom. The first kappa shape index (κ1) is 13.3. The minimum Gasteiger partial charge on any atom is -0.343 e. The molecule has 0 saturated carbocycles. The van der Waals surface area contributed by atoms with Crippen molar-refractivity contribution in [2.75, 3.05) is 13.1 Å². The van der Waals surface area contributed by atoms with Crippen LogP contribution in [0.4, 0.5) is 0 Å². The van der Waals surface area contributed by atoms with E-state index in [0.29, 0.717) is 12.3 Å². The van der Waals surface area contributed by atoms with Crippen LogP contribution in [0.1, 0.15) is 58.3 Å². The summed E-state index contributed by atoms with van der Waals surface area (Å²) in [5, 5.41) is 0. The number of amides is 1. The molecule has 1 heterocycles. The van der Waals surface area contributed by atoms with E-state index >= 15 is 0 Å². The van der Waals surface area contributed by atoms with Crippen LogP contribution in [0.3, 0.4) is 0 Å². The SMILES string of the molecule is CCCCC/C=C/CCC(=O)N1CCCC1. The van der Waals surface area contributed by atoms with E-state index in [2.05, 4.69) is 19.1 Å². The van der Waals surface area contributed by atoms with Crippen LogP contribution >= 0.6 is 0 Å². The van der Waals surface area contributed by atoms with Gasteiger partial charge >= 0.3 is 0 Å². The molecule has 0 aliphatic carbocycles. The van der Waals surface area contributed by atoms with Gasteiger partial charge in [0.1, 0.15) is 0 Å². The summed E-state index contributed by atoms with van der Waals surface area (Å²) >= 11 is 0. The Morgan fingerprint density at radius 1 is 1.12 bits per heavy atom. The van der Waals surface area contributed by atoms with Crippen LogP contribution in [0.2, 0.25) is 0 Å². The van der Waals surface area contributed by atoms with Gasteiger partial charge in [0, 0.05) is 19.5 Å². The number of nitrogens with zero attached hydrogens (tertiary/aromatic N) is 1. The smallest absolute Gasteiger partial charge is 0.222 e. The highest BCUT2D eigenvalue weighted by molar-refractivity contribution is 5.76. The van der Waals surface area contributed by atoms with Crippen LogP contribution in [0, 0.1) is 0 Å². The van der Waals surface area contributed by atoms with Crippen molar-refractivity contribution >= 4 is 5.91 Å². The molecule has 0 aromatic carbocycles. The standard InChI is InChI=1S/C14H25NO/c1-2-3-4-5-6-7-8-11-14(16)15-12-9-10-13-15/h6-7H,2-5,8-13H2,1H3/b7-6+. The maximum Gasteiger partial charge on any atom is 0.222 e. The van der Waals surface area contributed by atoms with Gasteiger partial charge in [0.25, 0.3) is 0 Å². The van der Waals surface area contributed by atoms with E-state index in [-0.39, 0.29) is 0 Å². The normalized spacial score (nSPS) is 16.2. The maximum absolute atomic E-state index is 11.7. The molecule has 0 bridgehead atoms. The lowest BCUT2D eigenvalue weighted by atomic mass is 10.2. The molecule has 1 aliphatic heterocycles. The Balaban J connectivity index is 1.99. The highest BCUT2D eigenvalue weighted by Crippen LogP contribution is 2.10. The van der Waals surface area contributed by atoms with Gasteiger partial charge in [-0.05, 0) is 32.1 Å². The molecule has 0 atom stereocenters. The van der Waals surface area contributed by atoms with E-state index in [4.69, 9.17) is 0 Å². The van der Waals surface area contributed by atoms with E-state index in [0.717, 1.165) is 19.5 Å². The lowest BCUT2D eigenvalue weighted by Gasteiger charge is -2.13. The molecule has 92 valence electrons. The molecule has 0 unspecified atom stereocenters. The quantitative estimate of drug-likeness (QED) is 0.477. The molecule has 0 radical (unpaired) electrons. The molecule has 1 rings (SSSR count). The number of hydrogen-bond acceptors (Lipinski definition) is 1. The summed E-state index contributed by atoms with van der Waals surface area (Å²) in [6.45, 7) is 4.19. The van der Waals surface area contributed by atoms with Crippen LogP contribution in [0.25, 0.3) is 0 Å². The molecule has 0 aromatic heterocycles. The Hall–Kier alpha value is -0.790. The van der Waals surface area contributed by atoms with Crippen molar-refractivity contribution in [1.29, 1.82) is 0 Å². The number of unbranched alkanes of at least 4 members (excludes halogenated alkanes) is 3. The van der Waals surface area contributed by atoms with E-state index in [9.17, 15) is 4.79 Å². The first-order chi connectivity index (χ1) is 7.84. The van der Waals surface area contributed by atoms with Gasteiger partial charge < -0.3 is 4.90 Å². The second-order valence-electron chi connectivity index (χ2n) is 4.59. The fourth-order valence-electron chi connectivity index (χ4n) is 2.08. The van der Waals surface area contributed by atoms with Crippen molar-refractivity contribution in [3.05, 3.63) is 12.2 Å². The zero-order chi connectivity index (χ0) is 11.6. The fraction of sp³-hybridized carbons (Fsp3) is 0.786. The summed E-state index contributed by atoms with van der Waals surface area (Å²) in [6.07, 6.45) is 13.5. The topological polar surface area (TPSA) is 20.3 Å². The van der Waals surface area contributed by atoms with Crippen molar-refractivity contribution in [2.45, 2.75) is 58.3 Å². The van der Waals surface area contributed by atoms with E-state index < -0.39 is 0 Å². The lowest BCUT2D eigenvalue weighted by molar-refractivity contribution is -0.130. The van der Waals surface area contributed by atoms with Crippen molar-refractivity contribution < 1.29 is 4.79 Å². The monoisotopic (exact) mass is 223 g/mol. The molecular weight excluding hydrogens is 198 g/mol. The van der Waals surface area contributed by atoms with Crippen LogP contribution in [-0.4, -0.2) is 23.9 Å². The van der Waals surface area contributed by atoms with E-state index in [1.807, 2.05) is 4.90 Å². The maximum atomic E-state index is 11.7. The van der Waals surface area contributed by atoms with Gasteiger partial charge in [-0.25, -0.2) is 0 Å². The molecule has 1 fully saturated rings. The molecule has 0 aromatic rings. The van der Waals surface area contributed by atoms with Crippen molar-refractivity contribution in [2.24, 2.45) is 0 Å². The third-order valence-corrected chi connectivity index (χ3v) is 3.12. The summed E-state index contributed by atoms with van der Waals surface area (Å²) in [4.78, 5) is 13.7. The first-order valence-corrected chi connectivity index (χ1v) is 6.77. The molecule has 2 nitrogen and oxygen atoms in total. The Labute approximate surface area is 99.7 Å². The fourth-order valence-corrected chi connectivity index (χ4v) is 2.08. The highest BCUT2D eigenvalue weighted by atomic mass is 16.2. The number of carbonyl (C=O) groups excluding carboxylic acids is 1. The van der Waals surface area contributed by atoms with Gasteiger partial charge in [0.15, 0.2) is 0 Å². The van der Waals surface area contributed by atoms with E-state index in [1.54, 1.807) is 0 Å². The molecule has 2 heteroatoms. The van der Waals surface area contributed by atoms with Crippen molar-refractivity contribution in [1.82, 2.24) is 4.90 Å². The largest absolute Gasteiger partial charge is 0.343 e. The summed E-state index contributed by atoms with van der Waals surface area (Å²) in [5.74, 6) is 0.343. The number of hydrogen-bond donors (Lipinski definition) is 0. The molecule has 1 amide bonds. The third kappa shape index (κ3) is 5.34. The number of allylic oxidation sites excluding steroid dienone is 2. The van der Waals surface area contributed by atoms with Gasteiger partial charge in [0.05, 0.1) is 0 Å². The summed E-state index contributed by atoms with van der Waals surface area (Å²) in [7, 11) is 0. The van der Waals surface area contributed by atoms with Crippen LogP contribution in [0.5, 0.6) is 0 Å². The highest BCUT2D eigenvalue weighted by Gasteiger charge is 2.16. The molecule has 16 heavy (non-hydrogen) atoms. The van der Waals surface area contributed by atoms with Gasteiger partial charge in [-0.2, -0.15) is 0 Å². The summed E-state index contributed by atoms with van der Waals surface area (Å²) in [6, 6.07) is 0. The predicted octanol–water partition coefficient (Wildman–Crippen LogP) is 3.53. The molecular formula is C14H25NO. The minimum absolute atomic E-state index is 0.343. The number of carbonyl (C=O) groups is 1. The predicted molar refractivity (Wildman–Crippen MR) is 68.3 cm³/mol. The van der Waals surface area contributed by atoms with Gasteiger partial charge in [0.2, 0.25) is 5.91 Å². The van der Waals surface area contributed by atoms with Crippen LogP contribution in [-0.2, 0) is 4.79 Å². The van der Waals surface area contributed by atoms with E-state index in [1.165, 1.54) is 38.5 Å². The average Bonchev–Trinajstić information content (AvgIpc) is 2.81. The van der Waals surface area contributed by atoms with Gasteiger partial charge in [-0.15, -0.1) is 0 Å². The van der Waals surface area contributed by atoms with Gasteiger partial charge in [-0.1, -0.05) is 31.9 Å². The van der Waals surface area contributed by atoms with Crippen LogP contribution in [0.15, 0.2) is 12.2 Å². The zero-order valence-electron chi connectivity index (χ0n) is 10.6. The lowest BCUT2D eigenvalue weighted by Crippen LogP contribution is -2.27. The molecule has 1 saturated heterocycles. The second kappa shape index (κ2) is 8.37. The third-order valence-electron chi connectivity index (χ3n) is 3.12. The number of likely N-dealkylation sites (tertiary alicyclic amines) is 1. The Bertz CT molecular complexity index is 217. The first-order valence-electron chi connectivity index (χ1n) is 6.77. The number of rotatable bonds is 7. The Morgan fingerprint density at radius 2 is 1.81 bits per heavy atom.